The minimum Gasteiger partial charge on any atom is -0.368 e. The number of carbonyl (C=O) groups excluding carboxylic acids is 1. The molecule has 1 aliphatic carbocycles. The predicted molar refractivity (Wildman–Crippen MR) is 77.9 cm³/mol. The van der Waals surface area contributed by atoms with Gasteiger partial charge in [-0.25, -0.2) is 0 Å². The van der Waals surface area contributed by atoms with Gasteiger partial charge in [-0.3, -0.25) is 4.79 Å². The van der Waals surface area contributed by atoms with Crippen molar-refractivity contribution in [3.05, 3.63) is 0 Å². The topological polar surface area (TPSA) is 58.4 Å². The quantitative estimate of drug-likeness (QED) is 0.766. The fraction of sp³-hybridized carbons (Fsp3) is 0.933. The van der Waals surface area contributed by atoms with Gasteiger partial charge in [0.05, 0.1) is 6.04 Å². The standard InChI is InChI=1S/C15H29N3O/c1-2-9-17-13(14(16)19)12-18-10-7-15(8-11-18)5-3-4-6-15/h13,17H,2-12H2,1H3,(H2,16,19). The van der Waals surface area contributed by atoms with Crippen molar-refractivity contribution in [3.8, 4) is 0 Å². The van der Waals surface area contributed by atoms with Crippen LogP contribution in [-0.2, 0) is 4.79 Å². The third-order valence-electron chi connectivity index (χ3n) is 5.01. The molecule has 1 spiro atoms. The molecule has 1 atom stereocenters. The largest absolute Gasteiger partial charge is 0.368 e. The monoisotopic (exact) mass is 267 g/mol. The summed E-state index contributed by atoms with van der Waals surface area (Å²) in [6, 6.07) is -0.183. The molecule has 2 fully saturated rings. The second-order valence-electron chi connectivity index (χ2n) is 6.42. The van der Waals surface area contributed by atoms with E-state index in [1.165, 1.54) is 38.5 Å². The second-order valence-corrected chi connectivity index (χ2v) is 6.42. The molecule has 0 bridgehead atoms. The molecule has 1 amide bonds. The van der Waals surface area contributed by atoms with Gasteiger partial charge in [-0.15, -0.1) is 0 Å². The fourth-order valence-electron chi connectivity index (χ4n) is 3.67. The zero-order valence-electron chi connectivity index (χ0n) is 12.3. The van der Waals surface area contributed by atoms with Crippen molar-refractivity contribution >= 4 is 5.91 Å². The number of primary amides is 1. The van der Waals surface area contributed by atoms with Crippen LogP contribution in [0.15, 0.2) is 0 Å². The maximum atomic E-state index is 11.5. The fourth-order valence-corrected chi connectivity index (χ4v) is 3.67. The Hall–Kier alpha value is -0.610. The van der Waals surface area contributed by atoms with Crippen molar-refractivity contribution in [2.75, 3.05) is 26.2 Å². The number of nitrogens with zero attached hydrogens (tertiary/aromatic N) is 1. The van der Waals surface area contributed by atoms with E-state index >= 15 is 0 Å². The Balaban J connectivity index is 1.78. The molecule has 1 unspecified atom stereocenters. The first kappa shape index (κ1) is 14.8. The van der Waals surface area contributed by atoms with E-state index in [4.69, 9.17) is 5.73 Å². The van der Waals surface area contributed by atoms with Crippen molar-refractivity contribution in [2.24, 2.45) is 11.1 Å². The lowest BCUT2D eigenvalue weighted by Gasteiger charge is -2.40. The van der Waals surface area contributed by atoms with Crippen LogP contribution in [0.4, 0.5) is 0 Å². The molecule has 0 radical (unpaired) electrons. The van der Waals surface area contributed by atoms with Crippen LogP contribution >= 0.6 is 0 Å². The van der Waals surface area contributed by atoms with Gasteiger partial charge in [0.25, 0.3) is 0 Å². The van der Waals surface area contributed by atoms with Gasteiger partial charge in [-0.1, -0.05) is 19.8 Å². The third kappa shape index (κ3) is 3.93. The number of carbonyl (C=O) groups is 1. The average Bonchev–Trinajstić information content (AvgIpc) is 2.85. The molecule has 19 heavy (non-hydrogen) atoms. The smallest absolute Gasteiger partial charge is 0.235 e. The summed E-state index contributed by atoms with van der Waals surface area (Å²) in [5.41, 5.74) is 6.13. The van der Waals surface area contributed by atoms with Crippen LogP contribution in [0.1, 0.15) is 51.9 Å². The molecular weight excluding hydrogens is 238 g/mol. The van der Waals surface area contributed by atoms with E-state index in [-0.39, 0.29) is 11.9 Å². The van der Waals surface area contributed by atoms with Gasteiger partial charge in [0.2, 0.25) is 5.91 Å². The number of piperidine rings is 1. The Morgan fingerprint density at radius 3 is 2.42 bits per heavy atom. The second kappa shape index (κ2) is 6.71. The van der Waals surface area contributed by atoms with E-state index in [0.29, 0.717) is 5.41 Å². The predicted octanol–water partition coefficient (Wildman–Crippen LogP) is 1.50. The molecule has 2 rings (SSSR count). The first-order valence-corrected chi connectivity index (χ1v) is 7.90. The summed E-state index contributed by atoms with van der Waals surface area (Å²) in [6.45, 7) is 6.03. The first-order chi connectivity index (χ1) is 9.15. The number of nitrogens with two attached hydrogens (primary N) is 1. The molecule has 0 aromatic rings. The van der Waals surface area contributed by atoms with E-state index in [1.54, 1.807) is 0 Å². The molecule has 2 aliphatic rings. The van der Waals surface area contributed by atoms with Gasteiger partial charge in [0, 0.05) is 6.54 Å². The normalized spacial score (nSPS) is 24.7. The van der Waals surface area contributed by atoms with E-state index in [0.717, 1.165) is 32.6 Å². The van der Waals surface area contributed by atoms with Crippen molar-refractivity contribution in [2.45, 2.75) is 57.9 Å². The number of hydrogen-bond donors (Lipinski definition) is 2. The highest BCUT2D eigenvalue weighted by Crippen LogP contribution is 2.45. The molecule has 110 valence electrons. The molecule has 0 aromatic carbocycles. The number of nitrogens with one attached hydrogen (secondary N) is 1. The van der Waals surface area contributed by atoms with Crippen molar-refractivity contribution < 1.29 is 4.79 Å². The first-order valence-electron chi connectivity index (χ1n) is 7.90. The molecule has 1 saturated carbocycles. The van der Waals surface area contributed by atoms with E-state index in [9.17, 15) is 4.79 Å². The molecule has 4 heteroatoms. The van der Waals surface area contributed by atoms with Crippen molar-refractivity contribution in [1.82, 2.24) is 10.2 Å². The van der Waals surface area contributed by atoms with Crippen LogP contribution in [0.25, 0.3) is 0 Å². The van der Waals surface area contributed by atoms with Crippen LogP contribution in [-0.4, -0.2) is 43.0 Å². The summed E-state index contributed by atoms with van der Waals surface area (Å²) in [6.07, 6.45) is 9.34. The van der Waals surface area contributed by atoms with Crippen molar-refractivity contribution in [3.63, 3.8) is 0 Å². The van der Waals surface area contributed by atoms with Crippen LogP contribution in [0.3, 0.4) is 0 Å². The highest BCUT2D eigenvalue weighted by molar-refractivity contribution is 5.80. The van der Waals surface area contributed by atoms with E-state index in [2.05, 4.69) is 17.1 Å². The number of likely N-dealkylation sites (tertiary alicyclic amines) is 1. The van der Waals surface area contributed by atoms with Gasteiger partial charge in [0.15, 0.2) is 0 Å². The Bertz CT molecular complexity index is 290. The highest BCUT2D eigenvalue weighted by Gasteiger charge is 2.37. The Morgan fingerprint density at radius 1 is 1.26 bits per heavy atom. The molecule has 4 nitrogen and oxygen atoms in total. The van der Waals surface area contributed by atoms with Gasteiger partial charge >= 0.3 is 0 Å². The zero-order valence-corrected chi connectivity index (χ0v) is 12.3. The average molecular weight is 267 g/mol. The van der Waals surface area contributed by atoms with Crippen LogP contribution in [0.5, 0.6) is 0 Å². The third-order valence-corrected chi connectivity index (χ3v) is 5.01. The van der Waals surface area contributed by atoms with Crippen molar-refractivity contribution in [1.29, 1.82) is 0 Å². The molecule has 1 heterocycles. The summed E-state index contributed by atoms with van der Waals surface area (Å²) < 4.78 is 0. The summed E-state index contributed by atoms with van der Waals surface area (Å²) in [4.78, 5) is 13.9. The van der Waals surface area contributed by atoms with Gasteiger partial charge in [-0.05, 0) is 57.2 Å². The Kier molecular flexibility index (Phi) is 5.22. The summed E-state index contributed by atoms with van der Waals surface area (Å²) >= 11 is 0. The molecule has 1 saturated heterocycles. The highest BCUT2D eigenvalue weighted by atomic mass is 16.1. The molecular formula is C15H29N3O. The lowest BCUT2D eigenvalue weighted by atomic mass is 9.77. The number of hydrogen-bond acceptors (Lipinski definition) is 3. The Morgan fingerprint density at radius 2 is 1.89 bits per heavy atom. The lowest BCUT2D eigenvalue weighted by Crippen LogP contribution is -2.51. The maximum absolute atomic E-state index is 11.5. The van der Waals surface area contributed by atoms with E-state index in [1.807, 2.05) is 0 Å². The van der Waals surface area contributed by atoms with Gasteiger partial charge in [0.1, 0.15) is 0 Å². The lowest BCUT2D eigenvalue weighted by molar-refractivity contribution is -0.120. The van der Waals surface area contributed by atoms with Crippen LogP contribution in [0.2, 0.25) is 0 Å². The number of amides is 1. The Labute approximate surface area is 117 Å². The maximum Gasteiger partial charge on any atom is 0.235 e. The minimum absolute atomic E-state index is 0.183. The molecule has 0 aromatic heterocycles. The van der Waals surface area contributed by atoms with Gasteiger partial charge < -0.3 is 16.0 Å². The summed E-state index contributed by atoms with van der Waals surface area (Å²) in [5.74, 6) is -0.213. The van der Waals surface area contributed by atoms with Crippen LogP contribution in [0, 0.1) is 5.41 Å². The summed E-state index contributed by atoms with van der Waals surface area (Å²) in [7, 11) is 0. The SMILES string of the molecule is CCCNC(CN1CCC2(CCCC2)CC1)C(N)=O. The minimum atomic E-state index is -0.213. The van der Waals surface area contributed by atoms with Crippen LogP contribution < -0.4 is 11.1 Å². The molecule has 3 N–H and O–H groups in total. The van der Waals surface area contributed by atoms with E-state index < -0.39 is 0 Å². The summed E-state index contributed by atoms with van der Waals surface area (Å²) in [5, 5.41) is 3.26. The number of rotatable bonds is 6. The molecule has 1 aliphatic heterocycles. The van der Waals surface area contributed by atoms with Gasteiger partial charge in [-0.2, -0.15) is 0 Å². The zero-order chi connectivity index (χ0) is 13.7.